The summed E-state index contributed by atoms with van der Waals surface area (Å²) in [4.78, 5) is 29.2. The summed E-state index contributed by atoms with van der Waals surface area (Å²) in [5, 5.41) is 0. The number of aromatic nitrogens is 1. The van der Waals surface area contributed by atoms with E-state index in [0.29, 0.717) is 12.3 Å². The second-order valence-corrected chi connectivity index (χ2v) is 4.79. The van der Waals surface area contributed by atoms with Gasteiger partial charge in [-0.1, -0.05) is 0 Å². The molecular formula is C17H18N2O4. The highest BCUT2D eigenvalue weighted by atomic mass is 16.5. The molecule has 2 rings (SSSR count). The standard InChI is InChI=1S/C17H18N2O4/c1-22-17(21)8-11-19(13-14-6-9-18-10-7-14)16(20)5-4-15-3-2-12-23-15/h2-7,9-10,12H,8,11,13H2,1H3/b5-4+. The van der Waals surface area contributed by atoms with Crippen molar-refractivity contribution in [2.45, 2.75) is 13.0 Å². The Kier molecular flexibility index (Phi) is 6.11. The van der Waals surface area contributed by atoms with Crippen molar-refractivity contribution in [3.05, 3.63) is 60.3 Å². The van der Waals surface area contributed by atoms with E-state index < -0.39 is 0 Å². The molecular weight excluding hydrogens is 296 g/mol. The van der Waals surface area contributed by atoms with Crippen molar-refractivity contribution < 1.29 is 18.7 Å². The molecule has 23 heavy (non-hydrogen) atoms. The molecule has 0 radical (unpaired) electrons. The van der Waals surface area contributed by atoms with Crippen LogP contribution in [0.1, 0.15) is 17.7 Å². The second kappa shape index (κ2) is 8.53. The van der Waals surface area contributed by atoms with Crippen molar-refractivity contribution in [2.75, 3.05) is 13.7 Å². The fourth-order valence-electron chi connectivity index (χ4n) is 1.95. The molecule has 2 aromatic rings. The average molecular weight is 314 g/mol. The number of rotatable bonds is 7. The minimum absolute atomic E-state index is 0.141. The van der Waals surface area contributed by atoms with E-state index in [1.165, 1.54) is 19.4 Å². The minimum Gasteiger partial charge on any atom is -0.469 e. The predicted octanol–water partition coefficient (Wildman–Crippen LogP) is 2.28. The molecule has 2 heterocycles. The fraction of sp³-hybridized carbons (Fsp3) is 0.235. The van der Waals surface area contributed by atoms with Gasteiger partial charge in [0.15, 0.2) is 0 Å². The number of carbonyl (C=O) groups excluding carboxylic acids is 2. The number of pyridine rings is 1. The van der Waals surface area contributed by atoms with Crippen LogP contribution in [-0.4, -0.2) is 35.4 Å². The third-order valence-electron chi connectivity index (χ3n) is 3.18. The summed E-state index contributed by atoms with van der Waals surface area (Å²) < 4.78 is 9.79. The maximum Gasteiger partial charge on any atom is 0.307 e. The zero-order valence-electron chi connectivity index (χ0n) is 12.8. The van der Waals surface area contributed by atoms with Crippen LogP contribution in [0.4, 0.5) is 0 Å². The van der Waals surface area contributed by atoms with Crippen LogP contribution in [0.15, 0.2) is 53.4 Å². The smallest absolute Gasteiger partial charge is 0.307 e. The Morgan fingerprint density at radius 2 is 2.09 bits per heavy atom. The van der Waals surface area contributed by atoms with Gasteiger partial charge in [-0.15, -0.1) is 0 Å². The van der Waals surface area contributed by atoms with E-state index in [4.69, 9.17) is 4.42 Å². The van der Waals surface area contributed by atoms with Crippen molar-refractivity contribution in [3.63, 3.8) is 0 Å². The Morgan fingerprint density at radius 1 is 1.30 bits per heavy atom. The quantitative estimate of drug-likeness (QED) is 0.579. The van der Waals surface area contributed by atoms with Crippen molar-refractivity contribution >= 4 is 18.0 Å². The van der Waals surface area contributed by atoms with Crippen LogP contribution in [-0.2, 0) is 20.9 Å². The van der Waals surface area contributed by atoms with Crippen LogP contribution in [0.5, 0.6) is 0 Å². The van der Waals surface area contributed by atoms with E-state index in [1.807, 2.05) is 12.1 Å². The Bertz CT molecular complexity index is 650. The summed E-state index contributed by atoms with van der Waals surface area (Å²) in [6, 6.07) is 7.16. The Morgan fingerprint density at radius 3 is 2.74 bits per heavy atom. The van der Waals surface area contributed by atoms with E-state index in [-0.39, 0.29) is 24.8 Å². The third-order valence-corrected chi connectivity index (χ3v) is 3.18. The first-order chi connectivity index (χ1) is 11.2. The number of ether oxygens (including phenoxy) is 1. The van der Waals surface area contributed by atoms with Crippen LogP contribution in [0, 0.1) is 0 Å². The normalized spacial score (nSPS) is 10.7. The third kappa shape index (κ3) is 5.43. The van der Waals surface area contributed by atoms with Gasteiger partial charge >= 0.3 is 5.97 Å². The van der Waals surface area contributed by atoms with Gasteiger partial charge in [-0.3, -0.25) is 14.6 Å². The number of esters is 1. The molecule has 120 valence electrons. The van der Waals surface area contributed by atoms with Crippen LogP contribution >= 0.6 is 0 Å². The average Bonchev–Trinajstić information content (AvgIpc) is 3.10. The number of nitrogens with zero attached hydrogens (tertiary/aromatic N) is 2. The van der Waals surface area contributed by atoms with Gasteiger partial charge < -0.3 is 14.1 Å². The van der Waals surface area contributed by atoms with Gasteiger partial charge in [0, 0.05) is 31.6 Å². The number of hydrogen-bond donors (Lipinski definition) is 0. The van der Waals surface area contributed by atoms with E-state index in [1.54, 1.807) is 35.5 Å². The topological polar surface area (TPSA) is 72.6 Å². The molecule has 0 N–H and O–H groups in total. The number of hydrogen-bond acceptors (Lipinski definition) is 5. The maximum absolute atomic E-state index is 12.4. The largest absolute Gasteiger partial charge is 0.469 e. The lowest BCUT2D eigenvalue weighted by Gasteiger charge is -2.20. The number of amides is 1. The Hall–Kier alpha value is -2.89. The summed E-state index contributed by atoms with van der Waals surface area (Å²) in [7, 11) is 1.33. The van der Waals surface area contributed by atoms with E-state index in [9.17, 15) is 9.59 Å². The summed E-state index contributed by atoms with van der Waals surface area (Å²) >= 11 is 0. The van der Waals surface area contributed by atoms with E-state index >= 15 is 0 Å². The molecule has 0 aromatic carbocycles. The first kappa shape index (κ1) is 16.5. The van der Waals surface area contributed by atoms with Gasteiger partial charge in [0.1, 0.15) is 5.76 Å². The van der Waals surface area contributed by atoms with Gasteiger partial charge in [-0.05, 0) is 35.9 Å². The van der Waals surface area contributed by atoms with E-state index in [0.717, 1.165) is 5.56 Å². The Balaban J connectivity index is 2.05. The molecule has 0 fully saturated rings. The van der Waals surface area contributed by atoms with Gasteiger partial charge in [0.05, 0.1) is 19.8 Å². The van der Waals surface area contributed by atoms with Crippen LogP contribution in [0.25, 0.3) is 6.08 Å². The number of carbonyl (C=O) groups is 2. The monoisotopic (exact) mass is 314 g/mol. The summed E-state index contributed by atoms with van der Waals surface area (Å²) in [6.07, 6.45) is 8.03. The molecule has 6 nitrogen and oxygen atoms in total. The van der Waals surface area contributed by atoms with Crippen molar-refractivity contribution in [3.8, 4) is 0 Å². The predicted molar refractivity (Wildman–Crippen MR) is 84.0 cm³/mol. The minimum atomic E-state index is -0.354. The molecule has 0 saturated carbocycles. The lowest BCUT2D eigenvalue weighted by molar-refractivity contribution is -0.141. The first-order valence-corrected chi connectivity index (χ1v) is 7.15. The fourth-order valence-corrected chi connectivity index (χ4v) is 1.95. The molecule has 0 aliphatic carbocycles. The molecule has 0 atom stereocenters. The first-order valence-electron chi connectivity index (χ1n) is 7.15. The van der Waals surface area contributed by atoms with Gasteiger partial charge in [-0.2, -0.15) is 0 Å². The van der Waals surface area contributed by atoms with Gasteiger partial charge in [0.25, 0.3) is 0 Å². The van der Waals surface area contributed by atoms with Crippen molar-refractivity contribution in [1.82, 2.24) is 9.88 Å². The van der Waals surface area contributed by atoms with Crippen LogP contribution in [0.3, 0.4) is 0 Å². The summed E-state index contributed by atoms with van der Waals surface area (Å²) in [5.74, 6) is 0.0323. The zero-order valence-corrected chi connectivity index (χ0v) is 12.8. The van der Waals surface area contributed by atoms with E-state index in [2.05, 4.69) is 9.72 Å². The van der Waals surface area contributed by atoms with Crippen molar-refractivity contribution in [1.29, 1.82) is 0 Å². The molecule has 0 aliphatic heterocycles. The highest BCUT2D eigenvalue weighted by molar-refractivity contribution is 5.91. The maximum atomic E-state index is 12.4. The Labute approximate surface area is 134 Å². The second-order valence-electron chi connectivity index (χ2n) is 4.79. The highest BCUT2D eigenvalue weighted by Crippen LogP contribution is 2.08. The van der Waals surface area contributed by atoms with Gasteiger partial charge in [-0.25, -0.2) is 0 Å². The molecule has 1 amide bonds. The molecule has 0 aliphatic rings. The molecule has 0 saturated heterocycles. The summed E-state index contributed by atoms with van der Waals surface area (Å²) in [5.41, 5.74) is 0.935. The van der Waals surface area contributed by atoms with Crippen LogP contribution < -0.4 is 0 Å². The molecule has 0 spiro atoms. The molecule has 0 bridgehead atoms. The highest BCUT2D eigenvalue weighted by Gasteiger charge is 2.13. The number of methoxy groups -OCH3 is 1. The lowest BCUT2D eigenvalue weighted by atomic mass is 10.2. The molecule has 6 heteroatoms. The molecule has 0 unspecified atom stereocenters. The van der Waals surface area contributed by atoms with Crippen molar-refractivity contribution in [2.24, 2.45) is 0 Å². The summed E-state index contributed by atoms with van der Waals surface area (Å²) in [6.45, 7) is 0.664. The van der Waals surface area contributed by atoms with Crippen LogP contribution in [0.2, 0.25) is 0 Å². The zero-order chi connectivity index (χ0) is 16.5. The molecule has 2 aromatic heterocycles. The van der Waals surface area contributed by atoms with Gasteiger partial charge in [0.2, 0.25) is 5.91 Å². The lowest BCUT2D eigenvalue weighted by Crippen LogP contribution is -2.31. The number of furan rings is 1. The SMILES string of the molecule is COC(=O)CCN(Cc1ccncc1)C(=O)/C=C/c1ccco1.